The van der Waals surface area contributed by atoms with E-state index in [2.05, 4.69) is 15.1 Å². The highest BCUT2D eigenvalue weighted by molar-refractivity contribution is 6.12. The van der Waals surface area contributed by atoms with E-state index in [-0.39, 0.29) is 47.7 Å². The van der Waals surface area contributed by atoms with E-state index in [1.165, 1.54) is 46.2 Å². The van der Waals surface area contributed by atoms with E-state index in [1.54, 1.807) is 13.0 Å². The Morgan fingerprint density at radius 1 is 1.09 bits per heavy atom. The maximum absolute atomic E-state index is 14.0. The standard InChI is InChI=1S/C31H26F4N6O5/c1-15-9-26(46-28-20(32)3-2-4-21(28)33)37-14-24(15)41-29(36)19(13-38-41)27(42)23-10-17-11-25(45-30(34)35)18(12-22(17)39-23)16-5-7-40(8-6-16)31(43)44/h2-4,9-14,16,30,39H,5-8,36H2,1H3,(H,43,44). The molecule has 0 aliphatic carbocycles. The number of benzene rings is 2. The molecule has 1 fully saturated rings. The van der Waals surface area contributed by atoms with Crippen LogP contribution in [0.2, 0.25) is 0 Å². The summed E-state index contributed by atoms with van der Waals surface area (Å²) in [6.45, 7) is -0.915. The number of fused-ring (bicyclic) bond motifs is 1. The number of alkyl halides is 2. The van der Waals surface area contributed by atoms with Crippen molar-refractivity contribution in [3.8, 4) is 23.1 Å². The molecule has 0 atom stereocenters. The Kier molecular flexibility index (Phi) is 7.98. The van der Waals surface area contributed by atoms with E-state index in [4.69, 9.17) is 15.2 Å². The Balaban J connectivity index is 1.27. The van der Waals surface area contributed by atoms with E-state index < -0.39 is 35.9 Å². The number of carboxylic acid groups (broad SMARTS) is 1. The number of nitrogens with two attached hydrogens (primary N) is 1. The SMILES string of the molecule is Cc1cc(Oc2c(F)cccc2F)ncc1-n1ncc(C(=O)c2cc3cc(OC(F)F)c(C4CCN(C(=O)O)CC4)cc3[nH]2)c1N. The lowest BCUT2D eigenvalue weighted by Crippen LogP contribution is -2.36. The van der Waals surface area contributed by atoms with E-state index in [0.717, 1.165) is 12.1 Å². The number of H-pyrrole nitrogens is 1. The molecule has 1 aliphatic heterocycles. The molecule has 4 N–H and O–H groups in total. The third-order valence-corrected chi connectivity index (χ3v) is 7.88. The summed E-state index contributed by atoms with van der Waals surface area (Å²) in [6.07, 6.45) is 2.40. The Morgan fingerprint density at radius 2 is 1.80 bits per heavy atom. The number of likely N-dealkylation sites (tertiary alicyclic amines) is 1. The smallest absolute Gasteiger partial charge is 0.407 e. The van der Waals surface area contributed by atoms with Crippen LogP contribution in [0.25, 0.3) is 16.6 Å². The molecule has 0 saturated carbocycles. The van der Waals surface area contributed by atoms with Gasteiger partial charge in [-0.25, -0.2) is 23.2 Å². The number of carbonyl (C=O) groups is 2. The second kappa shape index (κ2) is 12.1. The molecule has 1 amide bonds. The van der Waals surface area contributed by atoms with Gasteiger partial charge < -0.3 is 30.2 Å². The fourth-order valence-electron chi connectivity index (χ4n) is 5.55. The molecule has 5 aromatic rings. The normalized spacial score (nSPS) is 13.8. The third kappa shape index (κ3) is 5.78. The molecule has 0 bridgehead atoms. The van der Waals surface area contributed by atoms with Gasteiger partial charge in [-0.1, -0.05) is 6.07 Å². The number of hydrogen-bond acceptors (Lipinski definition) is 7. The molecule has 15 heteroatoms. The average Bonchev–Trinajstić information content (AvgIpc) is 3.61. The number of nitrogen functional groups attached to an aromatic ring is 1. The van der Waals surface area contributed by atoms with Crippen molar-refractivity contribution in [1.29, 1.82) is 0 Å². The van der Waals surface area contributed by atoms with Crippen LogP contribution in [0.4, 0.5) is 28.2 Å². The summed E-state index contributed by atoms with van der Waals surface area (Å²) in [5.41, 5.74) is 8.37. The van der Waals surface area contributed by atoms with Crippen LogP contribution < -0.4 is 15.2 Å². The van der Waals surface area contributed by atoms with Gasteiger partial charge in [0.1, 0.15) is 11.6 Å². The Morgan fingerprint density at radius 3 is 2.46 bits per heavy atom. The second-order valence-corrected chi connectivity index (χ2v) is 10.7. The van der Waals surface area contributed by atoms with E-state index >= 15 is 0 Å². The van der Waals surface area contributed by atoms with Gasteiger partial charge in [-0.2, -0.15) is 13.9 Å². The highest BCUT2D eigenvalue weighted by Gasteiger charge is 2.28. The fourth-order valence-corrected chi connectivity index (χ4v) is 5.55. The minimum absolute atomic E-state index is 0.0185. The van der Waals surface area contributed by atoms with E-state index in [0.29, 0.717) is 40.6 Å². The Hall–Kier alpha value is -5.60. The lowest BCUT2D eigenvalue weighted by atomic mass is 9.88. The van der Waals surface area contributed by atoms with Crippen molar-refractivity contribution in [2.24, 2.45) is 0 Å². The summed E-state index contributed by atoms with van der Waals surface area (Å²) in [6, 6.07) is 9.31. The van der Waals surface area contributed by atoms with Gasteiger partial charge in [-0.05, 0) is 67.1 Å². The number of pyridine rings is 1. The number of ether oxygens (including phenoxy) is 2. The molecule has 0 radical (unpaired) electrons. The van der Waals surface area contributed by atoms with Crippen LogP contribution in [-0.4, -0.2) is 61.3 Å². The summed E-state index contributed by atoms with van der Waals surface area (Å²) in [4.78, 5) is 33.3. The number of amides is 1. The number of nitrogens with zero attached hydrogens (tertiary/aromatic N) is 4. The number of nitrogens with one attached hydrogen (secondary N) is 1. The number of carbonyl (C=O) groups excluding carboxylic acids is 1. The number of aromatic nitrogens is 4. The Bertz CT molecular complexity index is 1950. The first-order chi connectivity index (χ1) is 22.0. The molecular weight excluding hydrogens is 612 g/mol. The number of piperidine rings is 1. The number of rotatable bonds is 8. The minimum Gasteiger partial charge on any atom is -0.465 e. The quantitative estimate of drug-likeness (QED) is 0.131. The first kappa shape index (κ1) is 30.4. The van der Waals surface area contributed by atoms with Crippen molar-refractivity contribution >= 4 is 28.6 Å². The Labute approximate surface area is 258 Å². The van der Waals surface area contributed by atoms with Crippen molar-refractivity contribution in [1.82, 2.24) is 24.6 Å². The van der Waals surface area contributed by atoms with Gasteiger partial charge in [-0.15, -0.1) is 0 Å². The van der Waals surface area contributed by atoms with Gasteiger partial charge in [0.15, 0.2) is 11.6 Å². The molecule has 238 valence electrons. The molecule has 3 aromatic heterocycles. The number of aromatic amines is 1. The molecule has 2 aromatic carbocycles. The lowest BCUT2D eigenvalue weighted by molar-refractivity contribution is -0.0506. The first-order valence-corrected chi connectivity index (χ1v) is 14.1. The summed E-state index contributed by atoms with van der Waals surface area (Å²) in [7, 11) is 0. The predicted molar refractivity (Wildman–Crippen MR) is 157 cm³/mol. The lowest BCUT2D eigenvalue weighted by Gasteiger charge is -2.31. The average molecular weight is 639 g/mol. The summed E-state index contributed by atoms with van der Waals surface area (Å²) in [5.74, 6) is -3.28. The topological polar surface area (TPSA) is 149 Å². The van der Waals surface area contributed by atoms with Gasteiger partial charge in [0, 0.05) is 30.1 Å². The molecule has 46 heavy (non-hydrogen) atoms. The maximum Gasteiger partial charge on any atom is 0.407 e. The highest BCUT2D eigenvalue weighted by atomic mass is 19.3. The maximum atomic E-state index is 14.0. The molecule has 0 unspecified atom stereocenters. The molecular formula is C31H26F4N6O5. The number of anilines is 1. The number of halogens is 4. The van der Waals surface area contributed by atoms with Gasteiger partial charge in [0.2, 0.25) is 17.4 Å². The van der Waals surface area contributed by atoms with Crippen LogP contribution in [0.15, 0.2) is 54.9 Å². The van der Waals surface area contributed by atoms with Crippen LogP contribution in [-0.2, 0) is 0 Å². The van der Waals surface area contributed by atoms with Crippen molar-refractivity contribution in [2.75, 3.05) is 18.8 Å². The molecule has 1 saturated heterocycles. The van der Waals surface area contributed by atoms with Crippen LogP contribution in [0.1, 0.15) is 45.9 Å². The van der Waals surface area contributed by atoms with Gasteiger partial charge in [0.05, 0.1) is 29.3 Å². The minimum atomic E-state index is -3.08. The van der Waals surface area contributed by atoms with Crippen molar-refractivity contribution < 1.29 is 41.7 Å². The van der Waals surface area contributed by atoms with Crippen LogP contribution in [0.3, 0.4) is 0 Å². The summed E-state index contributed by atoms with van der Waals surface area (Å²) >= 11 is 0. The number of ketones is 1. The highest BCUT2D eigenvalue weighted by Crippen LogP contribution is 2.38. The third-order valence-electron chi connectivity index (χ3n) is 7.88. The zero-order chi connectivity index (χ0) is 32.7. The van der Waals surface area contributed by atoms with Crippen molar-refractivity contribution in [2.45, 2.75) is 32.3 Å². The molecule has 11 nitrogen and oxygen atoms in total. The monoisotopic (exact) mass is 638 g/mol. The number of hydrogen-bond donors (Lipinski definition) is 3. The van der Waals surface area contributed by atoms with Gasteiger partial charge >= 0.3 is 12.7 Å². The van der Waals surface area contributed by atoms with E-state index in [9.17, 15) is 32.3 Å². The van der Waals surface area contributed by atoms with Gasteiger partial charge in [-0.3, -0.25) is 4.79 Å². The second-order valence-electron chi connectivity index (χ2n) is 10.7. The fraction of sp³-hybridized carbons (Fsp3) is 0.226. The number of aryl methyl sites for hydroxylation is 1. The van der Waals surface area contributed by atoms with Crippen LogP contribution in [0.5, 0.6) is 17.4 Å². The molecule has 1 aliphatic rings. The molecule has 0 spiro atoms. The summed E-state index contributed by atoms with van der Waals surface area (Å²) in [5, 5.41) is 13.9. The zero-order valence-corrected chi connectivity index (χ0v) is 24.1. The largest absolute Gasteiger partial charge is 0.465 e. The summed E-state index contributed by atoms with van der Waals surface area (Å²) < 4.78 is 66.1. The van der Waals surface area contributed by atoms with Crippen molar-refractivity contribution in [3.05, 3.63) is 88.9 Å². The molecule has 6 rings (SSSR count). The van der Waals surface area contributed by atoms with E-state index in [1.807, 2.05) is 0 Å². The molecule has 4 heterocycles. The first-order valence-electron chi connectivity index (χ1n) is 14.1. The predicted octanol–water partition coefficient (Wildman–Crippen LogP) is 6.40. The zero-order valence-electron chi connectivity index (χ0n) is 24.1. The van der Waals surface area contributed by atoms with Crippen LogP contribution >= 0.6 is 0 Å². The van der Waals surface area contributed by atoms with Gasteiger partial charge in [0.25, 0.3) is 0 Å². The van der Waals surface area contributed by atoms with Crippen molar-refractivity contribution in [3.63, 3.8) is 0 Å². The number of para-hydroxylation sites is 1. The van der Waals surface area contributed by atoms with Crippen LogP contribution in [0, 0.1) is 18.6 Å².